The Labute approximate surface area is 216 Å². The van der Waals surface area contributed by atoms with Crippen molar-refractivity contribution in [1.29, 1.82) is 0 Å². The summed E-state index contributed by atoms with van der Waals surface area (Å²) in [5.74, 6) is -2.03. The number of hydrogen-bond acceptors (Lipinski definition) is 5. The van der Waals surface area contributed by atoms with Crippen molar-refractivity contribution in [3.63, 3.8) is 0 Å². The summed E-state index contributed by atoms with van der Waals surface area (Å²) in [6.45, 7) is -1.01. The molecule has 1 atom stereocenters. The average molecular weight is 596 g/mol. The molecule has 0 bridgehead atoms. The van der Waals surface area contributed by atoms with E-state index in [1.54, 1.807) is 5.32 Å². The molecule has 0 spiro atoms. The molecule has 0 aliphatic carbocycles. The van der Waals surface area contributed by atoms with Gasteiger partial charge in [-0.2, -0.15) is 39.5 Å². The highest BCUT2D eigenvalue weighted by Gasteiger charge is 2.63. The first-order chi connectivity index (χ1) is 17.3. The fraction of sp³-hybridized carbons (Fsp3) is 0.381. The Morgan fingerprint density at radius 1 is 1.05 bits per heavy atom. The lowest BCUT2D eigenvalue weighted by molar-refractivity contribution is -0.276. The molecule has 0 radical (unpaired) electrons. The van der Waals surface area contributed by atoms with Crippen LogP contribution in [0.3, 0.4) is 0 Å². The highest BCUT2D eigenvalue weighted by molar-refractivity contribution is 7.16. The standard InChI is InChI=1S/C21H15ClF9N3O3S/c1-9-2-14(38-16(9)17(36)32-7-15(35)33-8-19(23,24)25)13-6-18(37-34-13,21(29,30)31)10-3-11(20(26,27)28)5-12(22)4-10/h2-5H,6-8H2,1H3,(H,32,36)(H,33,35)/t18-/m0/s1. The van der Waals surface area contributed by atoms with E-state index in [1.165, 1.54) is 13.0 Å². The van der Waals surface area contributed by atoms with Crippen LogP contribution in [0.5, 0.6) is 0 Å². The minimum atomic E-state index is -5.23. The van der Waals surface area contributed by atoms with Gasteiger partial charge in [0.1, 0.15) is 12.3 Å². The van der Waals surface area contributed by atoms with Crippen LogP contribution < -0.4 is 10.6 Å². The van der Waals surface area contributed by atoms with Crippen molar-refractivity contribution < 1.29 is 53.9 Å². The fourth-order valence-electron chi connectivity index (χ4n) is 3.37. The number of halogens is 10. The molecule has 1 aromatic carbocycles. The third kappa shape index (κ3) is 6.51. The molecule has 1 aliphatic rings. The molecule has 38 heavy (non-hydrogen) atoms. The number of oxime groups is 1. The number of nitrogens with zero attached hydrogens (tertiary/aromatic N) is 1. The molecule has 0 saturated heterocycles. The average Bonchev–Trinajstić information content (AvgIpc) is 3.39. The van der Waals surface area contributed by atoms with Gasteiger partial charge in [0.2, 0.25) is 5.91 Å². The molecule has 208 valence electrons. The Morgan fingerprint density at radius 3 is 2.29 bits per heavy atom. The molecule has 1 aromatic heterocycles. The van der Waals surface area contributed by atoms with Crippen molar-refractivity contribution in [2.24, 2.45) is 5.16 Å². The number of carbonyl (C=O) groups excluding carboxylic acids is 2. The van der Waals surface area contributed by atoms with Gasteiger partial charge >= 0.3 is 18.5 Å². The number of nitrogens with one attached hydrogen (secondary N) is 2. The first-order valence-electron chi connectivity index (χ1n) is 10.2. The number of rotatable bonds is 6. The van der Waals surface area contributed by atoms with Crippen LogP contribution in [0.1, 0.15) is 37.7 Å². The maximum absolute atomic E-state index is 14.2. The summed E-state index contributed by atoms with van der Waals surface area (Å²) < 4.78 is 119. The van der Waals surface area contributed by atoms with Crippen LogP contribution in [0, 0.1) is 6.92 Å². The monoisotopic (exact) mass is 595 g/mol. The number of carbonyl (C=O) groups is 2. The van der Waals surface area contributed by atoms with Gasteiger partial charge in [-0.1, -0.05) is 16.8 Å². The summed E-state index contributed by atoms with van der Waals surface area (Å²) in [4.78, 5) is 28.5. The number of benzene rings is 1. The SMILES string of the molecule is Cc1cc(C2=NO[C@@](c3cc(Cl)cc(C(F)(F)F)c3)(C(F)(F)F)C2)sc1C(=O)NCC(=O)NCC(F)(F)F. The van der Waals surface area contributed by atoms with Crippen molar-refractivity contribution in [3.8, 4) is 0 Å². The Hall–Kier alpha value is -3.01. The van der Waals surface area contributed by atoms with Crippen molar-refractivity contribution in [3.05, 3.63) is 55.7 Å². The predicted molar refractivity (Wildman–Crippen MR) is 117 cm³/mol. The molecule has 0 fully saturated rings. The molecular formula is C21H15ClF9N3O3S. The smallest absolute Gasteiger partial charge is 0.374 e. The van der Waals surface area contributed by atoms with Crippen molar-refractivity contribution in [2.45, 2.75) is 37.5 Å². The molecule has 17 heteroatoms. The van der Waals surface area contributed by atoms with E-state index >= 15 is 0 Å². The normalized spacial score (nSPS) is 18.1. The summed E-state index contributed by atoms with van der Waals surface area (Å²) in [5, 5.41) is 6.47. The van der Waals surface area contributed by atoms with Gasteiger partial charge in [0, 0.05) is 10.6 Å². The van der Waals surface area contributed by atoms with Crippen LogP contribution >= 0.6 is 22.9 Å². The van der Waals surface area contributed by atoms with Gasteiger partial charge in [0.05, 0.1) is 28.3 Å². The second-order valence-corrected chi connectivity index (χ2v) is 9.54. The van der Waals surface area contributed by atoms with Gasteiger partial charge in [-0.25, -0.2) is 0 Å². The maximum atomic E-state index is 14.2. The summed E-state index contributed by atoms with van der Waals surface area (Å²) >= 11 is 6.31. The Bertz CT molecular complexity index is 1270. The number of amides is 2. The first kappa shape index (κ1) is 29.5. The van der Waals surface area contributed by atoms with E-state index in [-0.39, 0.29) is 27.1 Å². The molecule has 2 aromatic rings. The lowest BCUT2D eigenvalue weighted by Gasteiger charge is -2.30. The minimum Gasteiger partial charge on any atom is -0.374 e. The molecule has 2 N–H and O–H groups in total. The molecule has 3 rings (SSSR count). The Morgan fingerprint density at radius 2 is 1.71 bits per heavy atom. The van der Waals surface area contributed by atoms with Gasteiger partial charge in [-0.3, -0.25) is 9.59 Å². The Balaban J connectivity index is 1.82. The number of thiophene rings is 1. The quantitative estimate of drug-likeness (QED) is 0.420. The summed E-state index contributed by atoms with van der Waals surface area (Å²) in [6.07, 6.45) is -15.9. The number of alkyl halides is 9. The van der Waals surface area contributed by atoms with E-state index < -0.39 is 71.6 Å². The van der Waals surface area contributed by atoms with Crippen LogP contribution in [0.2, 0.25) is 5.02 Å². The van der Waals surface area contributed by atoms with E-state index in [2.05, 4.69) is 10.5 Å². The lowest BCUT2D eigenvalue weighted by atomic mass is 9.87. The molecule has 0 unspecified atom stereocenters. The van der Waals surface area contributed by atoms with Crippen LogP contribution in [0.15, 0.2) is 29.4 Å². The summed E-state index contributed by atoms with van der Waals surface area (Å²) in [7, 11) is 0. The number of hydrogen-bond donors (Lipinski definition) is 2. The van der Waals surface area contributed by atoms with Crippen LogP contribution in [-0.2, 0) is 21.4 Å². The summed E-state index contributed by atoms with van der Waals surface area (Å²) in [5.41, 5.74) is -5.76. The van der Waals surface area contributed by atoms with Gasteiger partial charge < -0.3 is 15.5 Å². The van der Waals surface area contributed by atoms with E-state index in [9.17, 15) is 49.1 Å². The summed E-state index contributed by atoms with van der Waals surface area (Å²) in [6, 6.07) is 2.69. The maximum Gasteiger partial charge on any atom is 0.435 e. The first-order valence-corrected chi connectivity index (χ1v) is 11.4. The largest absolute Gasteiger partial charge is 0.435 e. The van der Waals surface area contributed by atoms with Crippen molar-refractivity contribution in [1.82, 2.24) is 10.6 Å². The fourth-order valence-corrected chi connectivity index (χ4v) is 4.68. The molecular weight excluding hydrogens is 581 g/mol. The van der Waals surface area contributed by atoms with Gasteiger partial charge in [-0.05, 0) is 36.8 Å². The molecule has 2 heterocycles. The highest BCUT2D eigenvalue weighted by atomic mass is 35.5. The van der Waals surface area contributed by atoms with Crippen LogP contribution in [-0.4, -0.2) is 43.0 Å². The molecule has 0 saturated carbocycles. The molecule has 2 amide bonds. The topological polar surface area (TPSA) is 79.8 Å². The second-order valence-electron chi connectivity index (χ2n) is 8.05. The zero-order valence-electron chi connectivity index (χ0n) is 18.8. The lowest BCUT2D eigenvalue weighted by Crippen LogP contribution is -2.42. The van der Waals surface area contributed by atoms with Crippen LogP contribution in [0.4, 0.5) is 39.5 Å². The highest BCUT2D eigenvalue weighted by Crippen LogP contribution is 2.50. The van der Waals surface area contributed by atoms with Gasteiger partial charge in [0.15, 0.2) is 0 Å². The zero-order valence-corrected chi connectivity index (χ0v) is 20.4. The van der Waals surface area contributed by atoms with Crippen molar-refractivity contribution in [2.75, 3.05) is 13.1 Å². The third-order valence-electron chi connectivity index (χ3n) is 5.18. The molecule has 6 nitrogen and oxygen atoms in total. The van der Waals surface area contributed by atoms with E-state index in [1.807, 2.05) is 0 Å². The Kier molecular flexibility index (Phi) is 7.99. The van der Waals surface area contributed by atoms with E-state index in [0.717, 1.165) is 0 Å². The predicted octanol–water partition coefficient (Wildman–Crippen LogP) is 5.72. The van der Waals surface area contributed by atoms with Crippen molar-refractivity contribution >= 4 is 40.5 Å². The van der Waals surface area contributed by atoms with E-state index in [4.69, 9.17) is 16.4 Å². The minimum absolute atomic E-state index is 0.0124. The van der Waals surface area contributed by atoms with Crippen LogP contribution in [0.25, 0.3) is 0 Å². The third-order valence-corrected chi connectivity index (χ3v) is 6.68. The zero-order chi connectivity index (χ0) is 28.7. The van der Waals surface area contributed by atoms with E-state index in [0.29, 0.717) is 23.5 Å². The second kappa shape index (κ2) is 10.3. The molecule has 1 aliphatic heterocycles. The van der Waals surface area contributed by atoms with Gasteiger partial charge in [0.25, 0.3) is 11.5 Å². The van der Waals surface area contributed by atoms with Gasteiger partial charge in [-0.15, -0.1) is 11.3 Å². The number of aryl methyl sites for hydroxylation is 1.